The third kappa shape index (κ3) is 4.15. The maximum atomic E-state index is 6.09. The van der Waals surface area contributed by atoms with E-state index in [1.54, 1.807) is 7.11 Å². The highest BCUT2D eigenvalue weighted by Gasteiger charge is 2.24. The number of ether oxygens (including phenoxy) is 1. The molecule has 1 aliphatic rings. The SMILES string of the molecule is COc1cccc(C(CN)N2CCN(Cc3ccccc3)CC2)c1. The summed E-state index contributed by atoms with van der Waals surface area (Å²) in [5.41, 5.74) is 8.72. The van der Waals surface area contributed by atoms with Crippen LogP contribution >= 0.6 is 0 Å². The monoisotopic (exact) mass is 325 g/mol. The molecule has 0 spiro atoms. The molecule has 0 saturated carbocycles. The van der Waals surface area contributed by atoms with Gasteiger partial charge in [0, 0.05) is 45.3 Å². The molecule has 1 fully saturated rings. The summed E-state index contributed by atoms with van der Waals surface area (Å²) < 4.78 is 5.35. The Morgan fingerprint density at radius 2 is 1.75 bits per heavy atom. The molecule has 1 aliphatic heterocycles. The Kier molecular flexibility index (Phi) is 5.86. The minimum atomic E-state index is 0.263. The summed E-state index contributed by atoms with van der Waals surface area (Å²) in [6, 6.07) is 19.2. The zero-order valence-electron chi connectivity index (χ0n) is 14.4. The lowest BCUT2D eigenvalue weighted by atomic mass is 10.0. The summed E-state index contributed by atoms with van der Waals surface area (Å²) in [4.78, 5) is 5.02. The zero-order valence-corrected chi connectivity index (χ0v) is 14.4. The second-order valence-electron chi connectivity index (χ2n) is 6.33. The van der Waals surface area contributed by atoms with Gasteiger partial charge in [0.15, 0.2) is 0 Å². The normalized spacial score (nSPS) is 17.6. The Morgan fingerprint density at radius 3 is 2.42 bits per heavy atom. The third-order valence-corrected chi connectivity index (χ3v) is 4.80. The first kappa shape index (κ1) is 17.0. The summed E-state index contributed by atoms with van der Waals surface area (Å²) >= 11 is 0. The van der Waals surface area contributed by atoms with Gasteiger partial charge in [-0.25, -0.2) is 0 Å². The van der Waals surface area contributed by atoms with Gasteiger partial charge in [0.1, 0.15) is 5.75 Å². The van der Waals surface area contributed by atoms with E-state index in [9.17, 15) is 0 Å². The highest BCUT2D eigenvalue weighted by atomic mass is 16.5. The molecule has 4 nitrogen and oxygen atoms in total. The number of methoxy groups -OCH3 is 1. The minimum absolute atomic E-state index is 0.263. The first-order chi connectivity index (χ1) is 11.8. The lowest BCUT2D eigenvalue weighted by molar-refractivity contribution is 0.0941. The number of hydrogen-bond donors (Lipinski definition) is 1. The van der Waals surface area contributed by atoms with Crippen molar-refractivity contribution < 1.29 is 4.74 Å². The molecule has 3 rings (SSSR count). The standard InChI is InChI=1S/C20H27N3O/c1-24-19-9-5-8-18(14-19)20(15-21)23-12-10-22(11-13-23)16-17-6-3-2-4-7-17/h2-9,14,20H,10-13,15-16,21H2,1H3. The molecule has 2 N–H and O–H groups in total. The first-order valence-electron chi connectivity index (χ1n) is 8.64. The van der Waals surface area contributed by atoms with Gasteiger partial charge in [-0.3, -0.25) is 9.80 Å². The largest absolute Gasteiger partial charge is 0.497 e. The van der Waals surface area contributed by atoms with Crippen LogP contribution in [-0.2, 0) is 6.54 Å². The first-order valence-corrected chi connectivity index (χ1v) is 8.64. The van der Waals surface area contributed by atoms with Crippen molar-refractivity contribution in [3.8, 4) is 5.75 Å². The van der Waals surface area contributed by atoms with Crippen LogP contribution in [0.1, 0.15) is 17.2 Å². The molecule has 4 heteroatoms. The molecule has 1 heterocycles. The van der Waals surface area contributed by atoms with Crippen LogP contribution in [0.2, 0.25) is 0 Å². The van der Waals surface area contributed by atoms with E-state index < -0.39 is 0 Å². The van der Waals surface area contributed by atoms with Crippen LogP contribution in [0.4, 0.5) is 0 Å². The van der Waals surface area contributed by atoms with Gasteiger partial charge in [-0.1, -0.05) is 42.5 Å². The van der Waals surface area contributed by atoms with Gasteiger partial charge >= 0.3 is 0 Å². The molecular formula is C20H27N3O. The maximum absolute atomic E-state index is 6.09. The average molecular weight is 325 g/mol. The molecule has 2 aromatic rings. The van der Waals surface area contributed by atoms with Crippen LogP contribution in [0.15, 0.2) is 54.6 Å². The second kappa shape index (κ2) is 8.29. The van der Waals surface area contributed by atoms with Crippen LogP contribution in [0.25, 0.3) is 0 Å². The number of piperazine rings is 1. The molecule has 1 unspecified atom stereocenters. The van der Waals surface area contributed by atoms with E-state index >= 15 is 0 Å². The number of nitrogens with two attached hydrogens (primary N) is 1. The molecule has 0 aromatic heterocycles. The van der Waals surface area contributed by atoms with Gasteiger partial charge in [-0.05, 0) is 23.3 Å². The summed E-state index contributed by atoms with van der Waals surface area (Å²) in [5, 5.41) is 0. The molecule has 1 saturated heterocycles. The molecule has 0 amide bonds. The molecule has 0 aliphatic carbocycles. The van der Waals surface area contributed by atoms with Crippen LogP contribution in [-0.4, -0.2) is 49.6 Å². The third-order valence-electron chi connectivity index (χ3n) is 4.80. The Morgan fingerprint density at radius 1 is 1.00 bits per heavy atom. The summed E-state index contributed by atoms with van der Waals surface area (Å²) in [5.74, 6) is 0.897. The van der Waals surface area contributed by atoms with Crippen molar-refractivity contribution in [1.82, 2.24) is 9.80 Å². The van der Waals surface area contributed by atoms with Gasteiger partial charge in [0.05, 0.1) is 7.11 Å². The van der Waals surface area contributed by atoms with E-state index in [4.69, 9.17) is 10.5 Å². The average Bonchev–Trinajstić information content (AvgIpc) is 2.65. The van der Waals surface area contributed by atoms with Crippen LogP contribution in [0.5, 0.6) is 5.75 Å². The van der Waals surface area contributed by atoms with Crippen molar-refractivity contribution >= 4 is 0 Å². The van der Waals surface area contributed by atoms with Crippen LogP contribution in [0.3, 0.4) is 0 Å². The smallest absolute Gasteiger partial charge is 0.119 e. The number of rotatable bonds is 6. The van der Waals surface area contributed by atoms with E-state index in [-0.39, 0.29) is 6.04 Å². The maximum Gasteiger partial charge on any atom is 0.119 e. The van der Waals surface area contributed by atoms with Crippen molar-refractivity contribution in [2.45, 2.75) is 12.6 Å². The van der Waals surface area contributed by atoms with Gasteiger partial charge < -0.3 is 10.5 Å². The molecule has 0 radical (unpaired) electrons. The molecule has 1 atom stereocenters. The lowest BCUT2D eigenvalue weighted by Crippen LogP contribution is -2.48. The Balaban J connectivity index is 1.60. The molecule has 0 bridgehead atoms. The highest BCUT2D eigenvalue weighted by molar-refractivity contribution is 5.31. The molecule has 24 heavy (non-hydrogen) atoms. The summed E-state index contributed by atoms with van der Waals surface area (Å²) in [6.07, 6.45) is 0. The fraction of sp³-hybridized carbons (Fsp3) is 0.400. The van der Waals surface area contributed by atoms with E-state index in [1.165, 1.54) is 11.1 Å². The van der Waals surface area contributed by atoms with Gasteiger partial charge in [0.2, 0.25) is 0 Å². The van der Waals surface area contributed by atoms with Gasteiger partial charge in [0.25, 0.3) is 0 Å². The van der Waals surface area contributed by atoms with Crippen molar-refractivity contribution in [3.05, 3.63) is 65.7 Å². The Bertz CT molecular complexity index is 624. The van der Waals surface area contributed by atoms with Crippen molar-refractivity contribution in [1.29, 1.82) is 0 Å². The van der Waals surface area contributed by atoms with Gasteiger partial charge in [-0.2, -0.15) is 0 Å². The van der Waals surface area contributed by atoms with Crippen molar-refractivity contribution in [3.63, 3.8) is 0 Å². The van der Waals surface area contributed by atoms with Crippen LogP contribution in [0, 0.1) is 0 Å². The second-order valence-corrected chi connectivity index (χ2v) is 6.33. The number of benzene rings is 2. The van der Waals surface area contributed by atoms with Gasteiger partial charge in [-0.15, -0.1) is 0 Å². The number of nitrogens with zero attached hydrogens (tertiary/aromatic N) is 2. The van der Waals surface area contributed by atoms with Crippen molar-refractivity contribution in [2.24, 2.45) is 5.73 Å². The topological polar surface area (TPSA) is 41.7 Å². The Labute approximate surface area is 144 Å². The van der Waals surface area contributed by atoms with Crippen LogP contribution < -0.4 is 10.5 Å². The van der Waals surface area contributed by atoms with E-state index in [0.717, 1.165) is 38.5 Å². The lowest BCUT2D eigenvalue weighted by Gasteiger charge is -2.39. The molecular weight excluding hydrogens is 298 g/mol. The summed E-state index contributed by atoms with van der Waals surface area (Å²) in [7, 11) is 1.71. The van der Waals surface area contributed by atoms with E-state index in [1.807, 2.05) is 12.1 Å². The highest BCUT2D eigenvalue weighted by Crippen LogP contribution is 2.25. The minimum Gasteiger partial charge on any atom is -0.497 e. The molecule has 128 valence electrons. The van der Waals surface area contributed by atoms with Crippen molar-refractivity contribution in [2.75, 3.05) is 39.8 Å². The predicted molar refractivity (Wildman–Crippen MR) is 98.1 cm³/mol. The molecule has 2 aromatic carbocycles. The summed E-state index contributed by atoms with van der Waals surface area (Å²) in [6.45, 7) is 5.91. The fourth-order valence-corrected chi connectivity index (χ4v) is 3.42. The van der Waals surface area contributed by atoms with E-state index in [2.05, 4.69) is 52.3 Å². The number of hydrogen-bond acceptors (Lipinski definition) is 4. The quantitative estimate of drug-likeness (QED) is 0.886. The predicted octanol–water partition coefficient (Wildman–Crippen LogP) is 2.51. The van der Waals surface area contributed by atoms with E-state index in [0.29, 0.717) is 6.54 Å². The fourth-order valence-electron chi connectivity index (χ4n) is 3.42. The zero-order chi connectivity index (χ0) is 16.8. The Hall–Kier alpha value is -1.88.